The van der Waals surface area contributed by atoms with Crippen LogP contribution < -0.4 is 16.0 Å². The molecule has 0 saturated heterocycles. The molecular weight excluding hydrogens is 385 g/mol. The second-order valence-corrected chi connectivity index (χ2v) is 6.38. The summed E-state index contributed by atoms with van der Waals surface area (Å²) in [6, 6.07) is 3.40. The number of urea groups is 1. The molecule has 0 radical (unpaired) electrons. The Hall–Kier alpha value is -2.32. The summed E-state index contributed by atoms with van der Waals surface area (Å²) in [4.78, 5) is 46.8. The summed E-state index contributed by atoms with van der Waals surface area (Å²) in [7, 11) is 0. The van der Waals surface area contributed by atoms with Crippen molar-refractivity contribution in [3.8, 4) is 0 Å². The molecule has 4 amide bonds. The van der Waals surface area contributed by atoms with Crippen LogP contribution in [0.4, 0.5) is 4.79 Å². The highest BCUT2D eigenvalue weighted by molar-refractivity contribution is 6.42. The zero-order chi connectivity index (χ0) is 19.9. The average Bonchev–Trinajstić information content (AvgIpc) is 2.54. The first-order chi connectivity index (χ1) is 12.1. The summed E-state index contributed by atoms with van der Waals surface area (Å²) in [5, 5.41) is 7.32. The summed E-state index contributed by atoms with van der Waals surface area (Å²) < 4.78 is 4.85. The number of hydrogen-bond donors (Lipinski definition) is 3. The molecular formula is C16H19Cl2N3O5. The summed E-state index contributed by atoms with van der Waals surface area (Å²) in [6.07, 6.45) is -1.21. The summed E-state index contributed by atoms with van der Waals surface area (Å²) >= 11 is 11.6. The van der Waals surface area contributed by atoms with Crippen LogP contribution in [0.3, 0.4) is 0 Å². The molecule has 3 N–H and O–H groups in total. The Morgan fingerprint density at radius 3 is 2.31 bits per heavy atom. The molecule has 142 valence electrons. The number of nitrogens with one attached hydrogen (secondary N) is 3. The summed E-state index contributed by atoms with van der Waals surface area (Å²) in [5.74, 6) is -2.19. The largest absolute Gasteiger partial charge is 0.451 e. The van der Waals surface area contributed by atoms with Gasteiger partial charge in [0.2, 0.25) is 0 Å². The lowest BCUT2D eigenvalue weighted by atomic mass is 10.2. The van der Waals surface area contributed by atoms with Crippen molar-refractivity contribution in [2.45, 2.75) is 32.9 Å². The minimum absolute atomic E-state index is 0.155. The van der Waals surface area contributed by atoms with Crippen LogP contribution in [0.1, 0.15) is 31.1 Å². The fraction of sp³-hybridized carbons (Fsp3) is 0.375. The van der Waals surface area contributed by atoms with Crippen LogP contribution >= 0.6 is 23.2 Å². The van der Waals surface area contributed by atoms with Crippen LogP contribution in [0.5, 0.6) is 0 Å². The third-order valence-corrected chi connectivity index (χ3v) is 3.65. The molecule has 0 aromatic heterocycles. The number of amides is 4. The van der Waals surface area contributed by atoms with Crippen molar-refractivity contribution in [3.05, 3.63) is 33.8 Å². The van der Waals surface area contributed by atoms with Gasteiger partial charge in [0.1, 0.15) is 6.54 Å². The Kier molecular flexibility index (Phi) is 8.34. The van der Waals surface area contributed by atoms with Crippen molar-refractivity contribution >= 4 is 47.0 Å². The maximum absolute atomic E-state index is 11.9. The van der Waals surface area contributed by atoms with Crippen LogP contribution in [0.25, 0.3) is 0 Å². The molecule has 0 spiro atoms. The van der Waals surface area contributed by atoms with Crippen LogP contribution in [-0.2, 0) is 14.3 Å². The van der Waals surface area contributed by atoms with E-state index in [1.165, 1.54) is 25.1 Å². The first kappa shape index (κ1) is 21.7. The van der Waals surface area contributed by atoms with Gasteiger partial charge in [-0.1, -0.05) is 23.2 Å². The number of benzene rings is 1. The van der Waals surface area contributed by atoms with E-state index in [9.17, 15) is 19.2 Å². The van der Waals surface area contributed by atoms with Crippen molar-refractivity contribution in [1.29, 1.82) is 0 Å². The molecule has 8 nitrogen and oxygen atoms in total. The smallest absolute Gasteiger partial charge is 0.326 e. The summed E-state index contributed by atoms with van der Waals surface area (Å²) in [6.45, 7) is 4.29. The average molecular weight is 404 g/mol. The van der Waals surface area contributed by atoms with Crippen molar-refractivity contribution in [3.63, 3.8) is 0 Å². The Bertz CT molecular complexity index is 709. The highest BCUT2D eigenvalue weighted by atomic mass is 35.5. The highest BCUT2D eigenvalue weighted by Crippen LogP contribution is 2.22. The van der Waals surface area contributed by atoms with E-state index in [1.54, 1.807) is 13.8 Å². The monoisotopic (exact) mass is 403 g/mol. The van der Waals surface area contributed by atoms with E-state index in [-0.39, 0.29) is 16.6 Å². The molecule has 0 aliphatic rings. The minimum atomic E-state index is -1.21. The van der Waals surface area contributed by atoms with Gasteiger partial charge in [0, 0.05) is 11.6 Å². The highest BCUT2D eigenvalue weighted by Gasteiger charge is 2.20. The van der Waals surface area contributed by atoms with E-state index in [0.717, 1.165) is 0 Å². The Morgan fingerprint density at radius 1 is 1.08 bits per heavy atom. The molecule has 10 heteroatoms. The quantitative estimate of drug-likeness (QED) is 0.627. The van der Waals surface area contributed by atoms with Crippen molar-refractivity contribution in [2.24, 2.45) is 0 Å². The fourth-order valence-electron chi connectivity index (χ4n) is 1.70. The zero-order valence-electron chi connectivity index (χ0n) is 14.4. The summed E-state index contributed by atoms with van der Waals surface area (Å²) in [5.41, 5.74) is 0.211. The Labute approximate surface area is 160 Å². The molecule has 1 unspecified atom stereocenters. The molecule has 0 aliphatic carbocycles. The predicted molar refractivity (Wildman–Crippen MR) is 96.2 cm³/mol. The Morgan fingerprint density at radius 2 is 1.73 bits per heavy atom. The lowest BCUT2D eigenvalue weighted by molar-refractivity contribution is -0.153. The minimum Gasteiger partial charge on any atom is -0.451 e. The number of hydrogen-bond acceptors (Lipinski definition) is 5. The first-order valence-corrected chi connectivity index (χ1v) is 8.39. The maximum Gasteiger partial charge on any atom is 0.326 e. The van der Waals surface area contributed by atoms with Gasteiger partial charge in [-0.25, -0.2) is 4.79 Å². The number of carbonyl (C=O) groups excluding carboxylic acids is 4. The fourth-order valence-corrected chi connectivity index (χ4v) is 1.99. The molecule has 26 heavy (non-hydrogen) atoms. The molecule has 1 atom stereocenters. The molecule has 0 fully saturated rings. The molecule has 0 bridgehead atoms. The van der Waals surface area contributed by atoms with Crippen molar-refractivity contribution in [2.75, 3.05) is 6.54 Å². The van der Waals surface area contributed by atoms with E-state index in [2.05, 4.69) is 10.6 Å². The number of ether oxygens (including phenoxy) is 1. The van der Waals surface area contributed by atoms with Gasteiger partial charge >= 0.3 is 12.0 Å². The molecule has 0 saturated carbocycles. The number of esters is 1. The normalized spacial score (nSPS) is 11.5. The van der Waals surface area contributed by atoms with Gasteiger partial charge in [-0.2, -0.15) is 0 Å². The van der Waals surface area contributed by atoms with Crippen LogP contribution in [0.2, 0.25) is 10.0 Å². The number of halogens is 2. The van der Waals surface area contributed by atoms with Gasteiger partial charge in [0.25, 0.3) is 11.8 Å². The van der Waals surface area contributed by atoms with E-state index in [0.29, 0.717) is 5.02 Å². The number of carbonyl (C=O) groups is 4. The number of rotatable bonds is 6. The van der Waals surface area contributed by atoms with E-state index >= 15 is 0 Å². The van der Waals surface area contributed by atoms with Crippen LogP contribution in [0.15, 0.2) is 18.2 Å². The molecule has 0 heterocycles. The molecule has 0 aliphatic heterocycles. The number of imide groups is 1. The van der Waals surface area contributed by atoms with Gasteiger partial charge in [0.15, 0.2) is 6.10 Å². The predicted octanol–water partition coefficient (Wildman–Crippen LogP) is 1.89. The topological polar surface area (TPSA) is 114 Å². The van der Waals surface area contributed by atoms with E-state index in [1.807, 2.05) is 5.32 Å². The second kappa shape index (κ2) is 9.98. The van der Waals surface area contributed by atoms with Crippen LogP contribution in [-0.4, -0.2) is 42.5 Å². The van der Waals surface area contributed by atoms with E-state index in [4.69, 9.17) is 27.9 Å². The molecule has 1 aromatic carbocycles. The van der Waals surface area contributed by atoms with Gasteiger partial charge in [-0.15, -0.1) is 0 Å². The lowest BCUT2D eigenvalue weighted by Crippen LogP contribution is -2.47. The van der Waals surface area contributed by atoms with Crippen molar-refractivity contribution < 1.29 is 23.9 Å². The van der Waals surface area contributed by atoms with Crippen LogP contribution in [0, 0.1) is 0 Å². The molecule has 1 aromatic rings. The van der Waals surface area contributed by atoms with Gasteiger partial charge in [-0.3, -0.25) is 19.7 Å². The SMILES string of the molecule is CC(C)NC(=O)NC(=O)C(C)OC(=O)CNC(=O)c1ccc(Cl)c(Cl)c1. The van der Waals surface area contributed by atoms with Gasteiger partial charge < -0.3 is 15.4 Å². The molecule has 1 rings (SSSR count). The second-order valence-electron chi connectivity index (χ2n) is 5.56. The standard InChI is InChI=1S/C16H19Cl2N3O5/c1-8(2)20-16(25)21-14(23)9(3)26-13(22)7-19-15(24)10-4-5-11(17)12(18)6-10/h4-6,8-9H,7H2,1-3H3,(H,19,24)(H2,20,21,23,25). The van der Waals surface area contributed by atoms with Gasteiger partial charge in [-0.05, 0) is 39.0 Å². The Balaban J connectivity index is 2.45. The van der Waals surface area contributed by atoms with E-state index < -0.39 is 36.5 Å². The zero-order valence-corrected chi connectivity index (χ0v) is 15.9. The third kappa shape index (κ3) is 7.28. The van der Waals surface area contributed by atoms with Gasteiger partial charge in [0.05, 0.1) is 10.0 Å². The maximum atomic E-state index is 11.9. The lowest BCUT2D eigenvalue weighted by Gasteiger charge is -2.14. The van der Waals surface area contributed by atoms with Crippen molar-refractivity contribution in [1.82, 2.24) is 16.0 Å². The third-order valence-electron chi connectivity index (χ3n) is 2.91. The first-order valence-electron chi connectivity index (χ1n) is 7.64.